The van der Waals surface area contributed by atoms with Crippen LogP contribution in [0, 0.1) is 0 Å². The Bertz CT molecular complexity index is 624. The fraction of sp³-hybridized carbons (Fsp3) is 0.214. The van der Waals surface area contributed by atoms with Crippen molar-refractivity contribution in [2.24, 2.45) is 0 Å². The van der Waals surface area contributed by atoms with E-state index in [2.05, 4.69) is 20.8 Å². The molecule has 21 heavy (non-hydrogen) atoms. The number of hydrogen-bond donors (Lipinski definition) is 2. The molecule has 0 unspecified atom stereocenters. The number of nitrogens with one attached hydrogen (secondary N) is 2. The summed E-state index contributed by atoms with van der Waals surface area (Å²) in [5.41, 5.74) is 0.712. The van der Waals surface area contributed by atoms with Gasteiger partial charge in [0.1, 0.15) is 5.82 Å². The first-order valence-electron chi connectivity index (χ1n) is 6.32. The lowest BCUT2D eigenvalue weighted by molar-refractivity contribution is 0.102. The number of aromatic nitrogens is 2. The van der Waals surface area contributed by atoms with E-state index in [0.29, 0.717) is 21.6 Å². The van der Waals surface area contributed by atoms with Crippen LogP contribution < -0.4 is 10.6 Å². The molecule has 2 aromatic rings. The molecule has 110 valence electrons. The Kier molecular flexibility index (Phi) is 4.98. The molecule has 0 atom stereocenters. The highest BCUT2D eigenvalue weighted by atomic mass is 35.5. The Morgan fingerprint density at radius 3 is 2.29 bits per heavy atom. The second kappa shape index (κ2) is 6.74. The molecule has 1 aromatic carbocycles. The summed E-state index contributed by atoms with van der Waals surface area (Å²) < 4.78 is 0. The fourth-order valence-corrected chi connectivity index (χ4v) is 2.17. The average Bonchev–Trinajstić information content (AvgIpc) is 2.37. The molecule has 2 rings (SSSR count). The normalized spacial score (nSPS) is 10.5. The minimum atomic E-state index is -0.378. The molecule has 0 radical (unpaired) electrons. The first-order valence-corrected chi connectivity index (χ1v) is 7.07. The standard InChI is InChI=1S/C14H14Cl2N4O/c1-8(2)17-13-4-3-12(19-20-13)14(21)18-11-6-9(15)5-10(16)7-11/h3-8H,1-2H3,(H,17,20)(H,18,21). The smallest absolute Gasteiger partial charge is 0.276 e. The third-order valence-electron chi connectivity index (χ3n) is 2.45. The SMILES string of the molecule is CC(C)Nc1ccc(C(=O)Nc2cc(Cl)cc(Cl)c2)nn1. The number of carbonyl (C=O) groups is 1. The van der Waals surface area contributed by atoms with Crippen LogP contribution >= 0.6 is 23.2 Å². The van der Waals surface area contributed by atoms with Gasteiger partial charge in [-0.05, 0) is 44.2 Å². The van der Waals surface area contributed by atoms with E-state index in [1.165, 1.54) is 0 Å². The van der Waals surface area contributed by atoms with Gasteiger partial charge in [0, 0.05) is 21.8 Å². The summed E-state index contributed by atoms with van der Waals surface area (Å²) in [4.78, 5) is 12.0. The zero-order valence-corrected chi connectivity index (χ0v) is 13.0. The van der Waals surface area contributed by atoms with Crippen LogP contribution in [0.4, 0.5) is 11.5 Å². The molecule has 1 heterocycles. The Morgan fingerprint density at radius 1 is 1.10 bits per heavy atom. The van der Waals surface area contributed by atoms with E-state index in [1.54, 1.807) is 30.3 Å². The van der Waals surface area contributed by atoms with E-state index in [0.717, 1.165) is 0 Å². The molecule has 0 saturated heterocycles. The van der Waals surface area contributed by atoms with Crippen LogP contribution in [0.5, 0.6) is 0 Å². The summed E-state index contributed by atoms with van der Waals surface area (Å²) in [6.07, 6.45) is 0. The Morgan fingerprint density at radius 2 is 1.76 bits per heavy atom. The predicted molar refractivity (Wildman–Crippen MR) is 85.2 cm³/mol. The van der Waals surface area contributed by atoms with Crippen LogP contribution in [-0.4, -0.2) is 22.1 Å². The van der Waals surface area contributed by atoms with Crippen molar-refractivity contribution >= 4 is 40.6 Å². The molecular formula is C14H14Cl2N4O. The van der Waals surface area contributed by atoms with Crippen LogP contribution in [0.3, 0.4) is 0 Å². The quantitative estimate of drug-likeness (QED) is 0.896. The Hall–Kier alpha value is -1.85. The van der Waals surface area contributed by atoms with Gasteiger partial charge in [0.15, 0.2) is 5.69 Å². The van der Waals surface area contributed by atoms with Gasteiger partial charge in [-0.2, -0.15) is 0 Å². The van der Waals surface area contributed by atoms with Crippen molar-refractivity contribution < 1.29 is 4.79 Å². The maximum absolute atomic E-state index is 12.0. The zero-order chi connectivity index (χ0) is 15.4. The number of rotatable bonds is 4. The molecule has 2 N–H and O–H groups in total. The molecule has 1 aromatic heterocycles. The summed E-state index contributed by atoms with van der Waals surface area (Å²) in [5, 5.41) is 14.5. The van der Waals surface area contributed by atoms with Crippen molar-refractivity contribution in [1.82, 2.24) is 10.2 Å². The van der Waals surface area contributed by atoms with Gasteiger partial charge in [-0.1, -0.05) is 23.2 Å². The third kappa shape index (κ3) is 4.58. The van der Waals surface area contributed by atoms with E-state index in [9.17, 15) is 4.79 Å². The van der Waals surface area contributed by atoms with Gasteiger partial charge in [-0.15, -0.1) is 10.2 Å². The predicted octanol–water partition coefficient (Wildman–Crippen LogP) is 3.86. The lowest BCUT2D eigenvalue weighted by Crippen LogP contribution is -2.16. The second-order valence-corrected chi connectivity index (χ2v) is 5.59. The maximum atomic E-state index is 12.0. The van der Waals surface area contributed by atoms with Gasteiger partial charge in [0.25, 0.3) is 5.91 Å². The van der Waals surface area contributed by atoms with Gasteiger partial charge in [-0.3, -0.25) is 4.79 Å². The van der Waals surface area contributed by atoms with E-state index in [1.807, 2.05) is 13.8 Å². The molecule has 0 bridgehead atoms. The first-order chi connectivity index (χ1) is 9.94. The van der Waals surface area contributed by atoms with Gasteiger partial charge >= 0.3 is 0 Å². The van der Waals surface area contributed by atoms with Crippen molar-refractivity contribution in [3.63, 3.8) is 0 Å². The van der Waals surface area contributed by atoms with Crippen molar-refractivity contribution in [2.75, 3.05) is 10.6 Å². The molecule has 0 aliphatic rings. The van der Waals surface area contributed by atoms with Crippen LogP contribution in [0.25, 0.3) is 0 Å². The minimum Gasteiger partial charge on any atom is -0.366 e. The van der Waals surface area contributed by atoms with Crippen LogP contribution in [0.1, 0.15) is 24.3 Å². The van der Waals surface area contributed by atoms with Gasteiger partial charge in [0.2, 0.25) is 0 Å². The number of anilines is 2. The average molecular weight is 325 g/mol. The molecular weight excluding hydrogens is 311 g/mol. The molecule has 5 nitrogen and oxygen atoms in total. The first kappa shape index (κ1) is 15.5. The number of benzene rings is 1. The number of amides is 1. The topological polar surface area (TPSA) is 66.9 Å². The van der Waals surface area contributed by atoms with E-state index in [-0.39, 0.29) is 17.6 Å². The Labute approximate surface area is 132 Å². The molecule has 7 heteroatoms. The lowest BCUT2D eigenvalue weighted by atomic mass is 10.3. The summed E-state index contributed by atoms with van der Waals surface area (Å²) in [5.74, 6) is 0.240. The highest BCUT2D eigenvalue weighted by Gasteiger charge is 2.10. The monoisotopic (exact) mass is 324 g/mol. The summed E-state index contributed by atoms with van der Waals surface area (Å²) in [7, 11) is 0. The van der Waals surface area contributed by atoms with Gasteiger partial charge < -0.3 is 10.6 Å². The lowest BCUT2D eigenvalue weighted by Gasteiger charge is -2.09. The number of nitrogens with zero attached hydrogens (tertiary/aromatic N) is 2. The molecule has 0 aliphatic carbocycles. The van der Waals surface area contributed by atoms with Crippen molar-refractivity contribution in [3.05, 3.63) is 46.1 Å². The maximum Gasteiger partial charge on any atom is 0.276 e. The minimum absolute atomic E-state index is 0.209. The van der Waals surface area contributed by atoms with E-state index >= 15 is 0 Å². The van der Waals surface area contributed by atoms with Crippen LogP contribution in [0.2, 0.25) is 10.0 Å². The largest absolute Gasteiger partial charge is 0.366 e. The summed E-state index contributed by atoms with van der Waals surface area (Å²) in [6.45, 7) is 3.98. The molecule has 1 amide bonds. The van der Waals surface area contributed by atoms with Gasteiger partial charge in [-0.25, -0.2) is 0 Å². The summed E-state index contributed by atoms with van der Waals surface area (Å²) in [6, 6.07) is 8.34. The molecule has 0 aliphatic heterocycles. The highest BCUT2D eigenvalue weighted by molar-refractivity contribution is 6.35. The van der Waals surface area contributed by atoms with Crippen molar-refractivity contribution in [1.29, 1.82) is 0 Å². The van der Waals surface area contributed by atoms with E-state index < -0.39 is 0 Å². The second-order valence-electron chi connectivity index (χ2n) is 4.72. The molecule has 0 fully saturated rings. The summed E-state index contributed by atoms with van der Waals surface area (Å²) >= 11 is 11.8. The van der Waals surface area contributed by atoms with E-state index in [4.69, 9.17) is 23.2 Å². The fourth-order valence-electron chi connectivity index (χ4n) is 1.65. The number of hydrogen-bond acceptors (Lipinski definition) is 4. The number of carbonyl (C=O) groups excluding carboxylic acids is 1. The molecule has 0 saturated carbocycles. The number of halogens is 2. The van der Waals surface area contributed by atoms with Crippen molar-refractivity contribution in [2.45, 2.75) is 19.9 Å². The van der Waals surface area contributed by atoms with Crippen molar-refractivity contribution in [3.8, 4) is 0 Å². The Balaban J connectivity index is 2.09. The van der Waals surface area contributed by atoms with Crippen LogP contribution in [-0.2, 0) is 0 Å². The highest BCUT2D eigenvalue weighted by Crippen LogP contribution is 2.22. The zero-order valence-electron chi connectivity index (χ0n) is 11.5. The van der Waals surface area contributed by atoms with Gasteiger partial charge in [0.05, 0.1) is 0 Å². The molecule has 0 spiro atoms. The van der Waals surface area contributed by atoms with Crippen LogP contribution in [0.15, 0.2) is 30.3 Å². The third-order valence-corrected chi connectivity index (χ3v) is 2.89.